The minimum absolute atomic E-state index is 0.000150. The van der Waals surface area contributed by atoms with E-state index in [1.54, 1.807) is 0 Å². The Balaban J connectivity index is 1.75. The second-order valence-electron chi connectivity index (χ2n) is 6.24. The van der Waals surface area contributed by atoms with Crippen molar-refractivity contribution in [3.63, 3.8) is 0 Å². The minimum atomic E-state index is -0.956. The fourth-order valence-electron chi connectivity index (χ4n) is 2.96. The van der Waals surface area contributed by atoms with Gasteiger partial charge in [-0.2, -0.15) is 5.10 Å². The van der Waals surface area contributed by atoms with E-state index in [0.717, 1.165) is 16.2 Å². The van der Waals surface area contributed by atoms with Gasteiger partial charge in [-0.1, -0.05) is 102 Å². The van der Waals surface area contributed by atoms with Gasteiger partial charge < -0.3 is 0 Å². The first-order valence-electron chi connectivity index (χ1n) is 8.45. The van der Waals surface area contributed by atoms with E-state index in [2.05, 4.69) is 29.6 Å². The molecule has 0 bridgehead atoms. The first-order valence-corrected chi connectivity index (χ1v) is 9.27. The molecule has 3 nitrogen and oxygen atoms in total. The molecule has 1 unspecified atom stereocenters. The molecule has 0 amide bonds. The van der Waals surface area contributed by atoms with E-state index in [4.69, 9.17) is 0 Å². The van der Waals surface area contributed by atoms with Crippen LogP contribution in [0.15, 0.2) is 90.0 Å². The Hall–Kier alpha value is -2.85. The smallest absolute Gasteiger partial charge is 0.205 e. The molecule has 3 aromatic rings. The van der Waals surface area contributed by atoms with Crippen LogP contribution in [0.1, 0.15) is 27.0 Å². The molecule has 0 radical (unpaired) electrons. The molecule has 1 heterocycles. The van der Waals surface area contributed by atoms with E-state index in [0.29, 0.717) is 5.56 Å². The van der Waals surface area contributed by atoms with E-state index in [-0.39, 0.29) is 5.78 Å². The van der Waals surface area contributed by atoms with Crippen LogP contribution in [-0.4, -0.2) is 10.8 Å². The van der Waals surface area contributed by atoms with Gasteiger partial charge in [-0.25, -0.2) is 0 Å². The van der Waals surface area contributed by atoms with E-state index in [1.165, 1.54) is 17.3 Å². The molecule has 0 fully saturated rings. The number of hydrazone groups is 1. The van der Waals surface area contributed by atoms with Crippen LogP contribution in [-0.2, 0) is 4.87 Å². The van der Waals surface area contributed by atoms with Crippen molar-refractivity contribution >= 4 is 22.6 Å². The van der Waals surface area contributed by atoms with E-state index in [9.17, 15) is 4.79 Å². The van der Waals surface area contributed by atoms with Gasteiger partial charge in [0.05, 0.1) is 0 Å². The lowest BCUT2D eigenvalue weighted by atomic mass is 9.97. The summed E-state index contributed by atoms with van der Waals surface area (Å²) in [5.74, 6) is 0.000150. The van der Waals surface area contributed by atoms with Crippen molar-refractivity contribution in [3.8, 4) is 0 Å². The van der Waals surface area contributed by atoms with Crippen LogP contribution in [0.3, 0.4) is 0 Å². The number of nitrogens with zero attached hydrogens (tertiary/aromatic N) is 1. The number of benzene rings is 3. The number of carbonyl (C=O) groups excluding carboxylic acids is 1. The summed E-state index contributed by atoms with van der Waals surface area (Å²) >= 11 is 1.46. The van der Waals surface area contributed by atoms with Gasteiger partial charge >= 0.3 is 0 Å². The number of ketones is 1. The maximum absolute atomic E-state index is 13.4. The van der Waals surface area contributed by atoms with Crippen molar-refractivity contribution in [1.82, 2.24) is 5.43 Å². The first kappa shape index (κ1) is 16.6. The van der Waals surface area contributed by atoms with Gasteiger partial charge in [0.25, 0.3) is 0 Å². The molecule has 1 aliphatic heterocycles. The Labute approximate surface area is 157 Å². The Kier molecular flexibility index (Phi) is 4.35. The molecule has 3 aromatic carbocycles. The number of rotatable bonds is 4. The topological polar surface area (TPSA) is 41.5 Å². The van der Waals surface area contributed by atoms with Crippen LogP contribution in [0.4, 0.5) is 0 Å². The molecule has 1 N–H and O–H groups in total. The summed E-state index contributed by atoms with van der Waals surface area (Å²) in [6, 6.07) is 27.3. The van der Waals surface area contributed by atoms with Gasteiger partial charge in [-0.15, -0.1) is 0 Å². The number of nitrogens with one attached hydrogen (secondary N) is 1. The van der Waals surface area contributed by atoms with Crippen molar-refractivity contribution in [2.45, 2.75) is 11.8 Å². The fourth-order valence-corrected chi connectivity index (χ4v) is 4.15. The molecule has 4 rings (SSSR count). The second kappa shape index (κ2) is 6.81. The highest BCUT2D eigenvalue weighted by atomic mass is 32.2. The molecule has 4 heteroatoms. The predicted molar refractivity (Wildman–Crippen MR) is 107 cm³/mol. The zero-order valence-electron chi connectivity index (χ0n) is 14.3. The van der Waals surface area contributed by atoms with Crippen molar-refractivity contribution in [2.75, 3.05) is 0 Å². The highest BCUT2D eigenvalue weighted by Gasteiger charge is 2.46. The Morgan fingerprint density at radius 1 is 0.885 bits per heavy atom. The van der Waals surface area contributed by atoms with Crippen LogP contribution < -0.4 is 5.43 Å². The summed E-state index contributed by atoms with van der Waals surface area (Å²) in [4.78, 5) is 12.5. The molecule has 1 atom stereocenters. The summed E-state index contributed by atoms with van der Waals surface area (Å²) in [5.41, 5.74) is 6.91. The molecule has 128 valence electrons. The lowest BCUT2D eigenvalue weighted by molar-refractivity contribution is 0.0925. The predicted octanol–water partition coefficient (Wildman–Crippen LogP) is 4.73. The molecule has 1 aliphatic rings. The molecule has 26 heavy (non-hydrogen) atoms. The average Bonchev–Trinajstić information content (AvgIpc) is 3.16. The average molecular weight is 358 g/mol. The summed E-state index contributed by atoms with van der Waals surface area (Å²) in [5, 5.41) is 5.34. The van der Waals surface area contributed by atoms with Crippen molar-refractivity contribution in [1.29, 1.82) is 0 Å². The summed E-state index contributed by atoms with van der Waals surface area (Å²) in [7, 11) is 0. The number of hydrogen-bond donors (Lipinski definition) is 1. The molecular weight excluding hydrogens is 340 g/mol. The first-order chi connectivity index (χ1) is 12.7. The van der Waals surface area contributed by atoms with Gasteiger partial charge in [0.1, 0.15) is 5.04 Å². The highest BCUT2D eigenvalue weighted by Crippen LogP contribution is 2.43. The fraction of sp³-hybridized carbons (Fsp3) is 0.0909. The lowest BCUT2D eigenvalue weighted by Crippen LogP contribution is -2.41. The Morgan fingerprint density at radius 2 is 1.50 bits per heavy atom. The van der Waals surface area contributed by atoms with Crippen LogP contribution >= 0.6 is 11.8 Å². The van der Waals surface area contributed by atoms with Gasteiger partial charge in [0.15, 0.2) is 4.87 Å². The minimum Gasteiger partial charge on any atom is -0.290 e. The monoisotopic (exact) mass is 358 g/mol. The third-order valence-corrected chi connectivity index (χ3v) is 5.74. The zero-order chi connectivity index (χ0) is 18.0. The molecule has 0 aromatic heterocycles. The number of thioether (sulfide) groups is 1. The van der Waals surface area contributed by atoms with Crippen LogP contribution in [0.2, 0.25) is 0 Å². The Morgan fingerprint density at radius 3 is 2.15 bits per heavy atom. The SMILES string of the molecule is Cc1ccc(C2=NNC(C(=O)c3ccccc3)(c3ccccc3)S2)cc1. The maximum atomic E-state index is 13.4. The molecule has 0 saturated heterocycles. The molecule has 0 spiro atoms. The van der Waals surface area contributed by atoms with E-state index >= 15 is 0 Å². The summed E-state index contributed by atoms with van der Waals surface area (Å²) in [6.07, 6.45) is 0. The maximum Gasteiger partial charge on any atom is 0.205 e. The van der Waals surface area contributed by atoms with Crippen LogP contribution in [0.25, 0.3) is 0 Å². The molecule has 0 saturated carbocycles. The van der Waals surface area contributed by atoms with Crippen molar-refractivity contribution < 1.29 is 4.79 Å². The third kappa shape index (κ3) is 2.93. The quantitative estimate of drug-likeness (QED) is 0.686. The summed E-state index contributed by atoms with van der Waals surface area (Å²) in [6.45, 7) is 2.05. The van der Waals surface area contributed by atoms with E-state index < -0.39 is 4.87 Å². The number of hydrogen-bond acceptors (Lipinski definition) is 4. The second-order valence-corrected chi connectivity index (χ2v) is 7.44. The van der Waals surface area contributed by atoms with Crippen LogP contribution in [0, 0.1) is 6.92 Å². The number of aryl methyl sites for hydroxylation is 1. The van der Waals surface area contributed by atoms with Gasteiger partial charge in [-0.05, 0) is 12.5 Å². The normalized spacial score (nSPS) is 18.9. The van der Waals surface area contributed by atoms with Gasteiger partial charge in [0.2, 0.25) is 5.78 Å². The van der Waals surface area contributed by atoms with Gasteiger partial charge in [-0.3, -0.25) is 10.2 Å². The number of carbonyl (C=O) groups is 1. The van der Waals surface area contributed by atoms with Crippen molar-refractivity contribution in [2.24, 2.45) is 5.10 Å². The number of Topliss-reactive ketones (excluding diaryl/α,β-unsaturated/α-hetero) is 1. The molecule has 0 aliphatic carbocycles. The van der Waals surface area contributed by atoms with Crippen LogP contribution in [0.5, 0.6) is 0 Å². The third-order valence-electron chi connectivity index (χ3n) is 4.40. The Bertz CT molecular complexity index is 952. The van der Waals surface area contributed by atoms with E-state index in [1.807, 2.05) is 72.8 Å². The largest absolute Gasteiger partial charge is 0.290 e. The van der Waals surface area contributed by atoms with Gasteiger partial charge in [0, 0.05) is 11.1 Å². The zero-order valence-corrected chi connectivity index (χ0v) is 15.2. The van der Waals surface area contributed by atoms with Crippen molar-refractivity contribution in [3.05, 3.63) is 107 Å². The summed E-state index contributed by atoms with van der Waals surface area (Å²) < 4.78 is 0. The molecular formula is C22H18N2OS. The standard InChI is InChI=1S/C22H18N2OS/c1-16-12-14-18(15-13-16)21-23-24-22(26-21,19-10-6-3-7-11-19)20(25)17-8-4-2-5-9-17/h2-15,24H,1H3. The highest BCUT2D eigenvalue weighted by molar-refractivity contribution is 8.16. The lowest BCUT2D eigenvalue weighted by Gasteiger charge is -2.27.